The van der Waals surface area contributed by atoms with Gasteiger partial charge in [0.25, 0.3) is 0 Å². The highest BCUT2D eigenvalue weighted by Gasteiger charge is 2.07. The molecule has 2 aromatic heterocycles. The Morgan fingerprint density at radius 2 is 1.17 bits per heavy atom. The van der Waals surface area contributed by atoms with Gasteiger partial charge in [0.05, 0.1) is 0 Å². The van der Waals surface area contributed by atoms with E-state index in [-0.39, 0.29) is 0 Å². The van der Waals surface area contributed by atoms with Crippen LogP contribution in [0.15, 0.2) is 85.3 Å². The van der Waals surface area contributed by atoms with Crippen LogP contribution in [0.1, 0.15) is 0 Å². The number of hydrogen-bond acceptors (Lipinski definition) is 4. The molecule has 4 rings (SSSR count). The summed E-state index contributed by atoms with van der Waals surface area (Å²) in [4.78, 5) is 17.5. The van der Waals surface area contributed by atoms with Crippen LogP contribution in [0.4, 0.5) is 0 Å². The highest BCUT2D eigenvalue weighted by atomic mass is 15.0. The highest BCUT2D eigenvalue weighted by molar-refractivity contribution is 5.65. The van der Waals surface area contributed by atoms with Crippen molar-refractivity contribution in [3.63, 3.8) is 0 Å². The van der Waals surface area contributed by atoms with Gasteiger partial charge in [0.2, 0.25) is 0 Å². The Bertz CT molecular complexity index is 936. The molecule has 0 aliphatic carbocycles. The zero-order valence-electron chi connectivity index (χ0n) is 12.9. The van der Waals surface area contributed by atoms with E-state index in [9.17, 15) is 0 Å². The Labute approximate surface area is 139 Å². The maximum atomic E-state index is 4.53. The fraction of sp³-hybridized carbons (Fsp3) is 0. The van der Waals surface area contributed by atoms with Crippen molar-refractivity contribution in [2.24, 2.45) is 0 Å². The van der Waals surface area contributed by atoms with Gasteiger partial charge < -0.3 is 0 Å². The Kier molecular flexibility index (Phi) is 3.78. The molecule has 0 fully saturated rings. The topological polar surface area (TPSA) is 51.6 Å². The molecule has 2 aromatic carbocycles. The summed E-state index contributed by atoms with van der Waals surface area (Å²) < 4.78 is 0. The van der Waals surface area contributed by atoms with Crippen molar-refractivity contribution in [3.05, 3.63) is 85.3 Å². The number of nitrogens with zero attached hydrogens (tertiary/aromatic N) is 4. The van der Waals surface area contributed by atoms with Gasteiger partial charge in [-0.2, -0.15) is 0 Å². The third-order valence-electron chi connectivity index (χ3n) is 3.70. The molecule has 0 radical (unpaired) electrons. The summed E-state index contributed by atoms with van der Waals surface area (Å²) in [5.41, 5.74) is 3.89. The Balaban J connectivity index is 1.67. The molecule has 0 saturated carbocycles. The second-order valence-electron chi connectivity index (χ2n) is 5.30. The molecule has 0 atom stereocenters. The summed E-state index contributed by atoms with van der Waals surface area (Å²) in [6.45, 7) is 0. The molecule has 0 aliphatic heterocycles. The minimum absolute atomic E-state index is 0.573. The lowest BCUT2D eigenvalue weighted by atomic mass is 10.1. The van der Waals surface area contributed by atoms with Crippen molar-refractivity contribution >= 4 is 0 Å². The summed E-state index contributed by atoms with van der Waals surface area (Å²) in [5, 5.41) is 0. The first-order valence-corrected chi connectivity index (χ1v) is 7.66. The second kappa shape index (κ2) is 6.38. The molecule has 24 heavy (non-hydrogen) atoms. The van der Waals surface area contributed by atoms with Gasteiger partial charge in [0.15, 0.2) is 11.6 Å². The second-order valence-corrected chi connectivity index (χ2v) is 5.30. The highest BCUT2D eigenvalue weighted by Crippen LogP contribution is 2.21. The van der Waals surface area contributed by atoms with E-state index < -0.39 is 0 Å². The summed E-state index contributed by atoms with van der Waals surface area (Å²) >= 11 is 0. The third kappa shape index (κ3) is 2.90. The van der Waals surface area contributed by atoms with Crippen LogP contribution < -0.4 is 0 Å². The van der Waals surface area contributed by atoms with E-state index in [0.29, 0.717) is 11.6 Å². The van der Waals surface area contributed by atoms with E-state index >= 15 is 0 Å². The van der Waals surface area contributed by atoms with E-state index in [2.05, 4.69) is 32.1 Å². The van der Waals surface area contributed by atoms with Crippen molar-refractivity contribution in [3.8, 4) is 34.0 Å². The Hall–Kier alpha value is -3.40. The molecule has 0 bridgehead atoms. The Morgan fingerprint density at radius 1 is 0.500 bits per heavy atom. The van der Waals surface area contributed by atoms with Gasteiger partial charge in [-0.05, 0) is 11.6 Å². The number of hydrogen-bond donors (Lipinski definition) is 0. The molecule has 0 amide bonds. The largest absolute Gasteiger partial charge is 0.252 e. The van der Waals surface area contributed by atoms with Gasteiger partial charge >= 0.3 is 0 Å². The van der Waals surface area contributed by atoms with Crippen molar-refractivity contribution in [1.82, 2.24) is 19.9 Å². The summed E-state index contributed by atoms with van der Waals surface area (Å²) in [7, 11) is 0. The molecule has 0 spiro atoms. The molecule has 0 saturated heterocycles. The average molecular weight is 310 g/mol. The van der Waals surface area contributed by atoms with Gasteiger partial charge in [-0.15, -0.1) is 0 Å². The van der Waals surface area contributed by atoms with Gasteiger partial charge in [0.1, 0.15) is 12.0 Å². The molecule has 0 unspecified atom stereocenters. The maximum Gasteiger partial charge on any atom is 0.181 e. The predicted octanol–water partition coefficient (Wildman–Crippen LogP) is 4.27. The van der Waals surface area contributed by atoms with E-state index in [1.807, 2.05) is 66.9 Å². The SMILES string of the molecule is c1ccc(-c2ccc(-c3ncnc(-c4ccccc4)n3)nc2)cc1. The lowest BCUT2D eigenvalue weighted by Gasteiger charge is -2.04. The quantitative estimate of drug-likeness (QED) is 0.567. The fourth-order valence-corrected chi connectivity index (χ4v) is 2.47. The van der Waals surface area contributed by atoms with Crippen LogP contribution in [0.25, 0.3) is 34.0 Å². The van der Waals surface area contributed by atoms with Crippen LogP contribution in [0.2, 0.25) is 0 Å². The lowest BCUT2D eigenvalue weighted by molar-refractivity contribution is 1.05. The fourth-order valence-electron chi connectivity index (χ4n) is 2.47. The van der Waals surface area contributed by atoms with Gasteiger partial charge in [-0.3, -0.25) is 4.98 Å². The predicted molar refractivity (Wildman–Crippen MR) is 93.9 cm³/mol. The molecule has 2 heterocycles. The van der Waals surface area contributed by atoms with Crippen LogP contribution >= 0.6 is 0 Å². The van der Waals surface area contributed by atoms with Crippen LogP contribution in [0, 0.1) is 0 Å². The van der Waals surface area contributed by atoms with Gasteiger partial charge in [-0.1, -0.05) is 66.7 Å². The minimum Gasteiger partial charge on any atom is -0.252 e. The van der Waals surface area contributed by atoms with E-state index in [4.69, 9.17) is 0 Å². The first-order valence-electron chi connectivity index (χ1n) is 7.66. The van der Waals surface area contributed by atoms with Crippen molar-refractivity contribution < 1.29 is 0 Å². The van der Waals surface area contributed by atoms with Gasteiger partial charge in [-0.25, -0.2) is 15.0 Å². The first kappa shape index (κ1) is 14.2. The smallest absolute Gasteiger partial charge is 0.181 e. The van der Waals surface area contributed by atoms with Gasteiger partial charge in [0, 0.05) is 17.3 Å². The molecule has 4 aromatic rings. The number of rotatable bonds is 3. The summed E-state index contributed by atoms with van der Waals surface area (Å²) in [5.74, 6) is 1.22. The third-order valence-corrected chi connectivity index (χ3v) is 3.70. The lowest BCUT2D eigenvalue weighted by Crippen LogP contribution is -1.96. The van der Waals surface area contributed by atoms with Crippen LogP contribution in [0.5, 0.6) is 0 Å². The maximum absolute atomic E-state index is 4.53. The number of aromatic nitrogens is 4. The zero-order chi connectivity index (χ0) is 16.2. The van der Waals surface area contributed by atoms with Crippen LogP contribution in [-0.2, 0) is 0 Å². The molecular formula is C20H14N4. The Morgan fingerprint density at radius 3 is 1.83 bits per heavy atom. The first-order chi connectivity index (χ1) is 11.9. The molecule has 4 heteroatoms. The average Bonchev–Trinajstić information content (AvgIpc) is 2.70. The molecule has 0 aliphatic rings. The van der Waals surface area contributed by atoms with E-state index in [1.165, 1.54) is 6.33 Å². The van der Waals surface area contributed by atoms with Crippen molar-refractivity contribution in [2.75, 3.05) is 0 Å². The zero-order valence-corrected chi connectivity index (χ0v) is 12.9. The molecule has 4 nitrogen and oxygen atoms in total. The monoisotopic (exact) mass is 310 g/mol. The number of pyridine rings is 1. The summed E-state index contributed by atoms with van der Waals surface area (Å²) in [6.07, 6.45) is 3.37. The molecule has 0 N–H and O–H groups in total. The van der Waals surface area contributed by atoms with Crippen LogP contribution in [-0.4, -0.2) is 19.9 Å². The molecule has 114 valence electrons. The van der Waals surface area contributed by atoms with Crippen LogP contribution in [0.3, 0.4) is 0 Å². The molecular weight excluding hydrogens is 296 g/mol. The van der Waals surface area contributed by atoms with E-state index in [0.717, 1.165) is 22.4 Å². The van der Waals surface area contributed by atoms with Crippen molar-refractivity contribution in [1.29, 1.82) is 0 Å². The van der Waals surface area contributed by atoms with E-state index in [1.54, 1.807) is 0 Å². The standard InChI is InChI=1S/C20H14N4/c1-3-7-15(8-4-1)17-11-12-18(21-13-17)20-23-14-22-19(24-20)16-9-5-2-6-10-16/h1-14H. The summed E-state index contributed by atoms with van der Waals surface area (Å²) in [6, 6.07) is 24.0. The normalized spacial score (nSPS) is 10.5. The number of benzene rings is 2. The van der Waals surface area contributed by atoms with Crippen molar-refractivity contribution in [2.45, 2.75) is 0 Å². The minimum atomic E-state index is 0.573.